The van der Waals surface area contributed by atoms with E-state index >= 15 is 0 Å². The largest absolute Gasteiger partial charge is 0.338 e. The van der Waals surface area contributed by atoms with Gasteiger partial charge in [0.2, 0.25) is 11.8 Å². The fraction of sp³-hybridized carbons (Fsp3) is 0.455. The van der Waals surface area contributed by atoms with Gasteiger partial charge in [-0.05, 0) is 24.8 Å². The Kier molecular flexibility index (Phi) is 5.37. The Hall–Kier alpha value is -2.76. The molecule has 28 heavy (non-hydrogen) atoms. The second-order valence-corrected chi connectivity index (χ2v) is 7.62. The third kappa shape index (κ3) is 3.91. The van der Waals surface area contributed by atoms with Crippen LogP contribution in [-0.2, 0) is 29.0 Å². The summed E-state index contributed by atoms with van der Waals surface area (Å²) < 4.78 is 0. The summed E-state index contributed by atoms with van der Waals surface area (Å²) >= 11 is 0. The van der Waals surface area contributed by atoms with Gasteiger partial charge in [0, 0.05) is 51.2 Å². The monoisotopic (exact) mass is 378 g/mol. The molecule has 2 aliphatic rings. The van der Waals surface area contributed by atoms with Gasteiger partial charge in [-0.2, -0.15) is 0 Å². The Morgan fingerprint density at radius 2 is 2.00 bits per heavy atom. The highest BCUT2D eigenvalue weighted by Gasteiger charge is 2.32. The van der Waals surface area contributed by atoms with Crippen LogP contribution in [0.5, 0.6) is 0 Å². The molecule has 2 amide bonds. The minimum absolute atomic E-state index is 0.0283. The Labute approximate surface area is 165 Å². The van der Waals surface area contributed by atoms with Crippen molar-refractivity contribution in [3.05, 3.63) is 59.2 Å². The highest BCUT2D eigenvalue weighted by molar-refractivity contribution is 5.77. The van der Waals surface area contributed by atoms with Crippen LogP contribution < -0.4 is 0 Å². The molecule has 0 aliphatic carbocycles. The summed E-state index contributed by atoms with van der Waals surface area (Å²) in [6.07, 6.45) is 5.76. The normalized spacial score (nSPS) is 18.8. The second-order valence-electron chi connectivity index (χ2n) is 7.62. The van der Waals surface area contributed by atoms with Gasteiger partial charge in [-0.25, -0.2) is 9.97 Å². The summed E-state index contributed by atoms with van der Waals surface area (Å²) in [4.78, 5) is 37.6. The summed E-state index contributed by atoms with van der Waals surface area (Å²) in [5.74, 6) is 1.01. The van der Waals surface area contributed by atoms with E-state index in [1.165, 1.54) is 5.56 Å². The summed E-state index contributed by atoms with van der Waals surface area (Å²) in [6, 6.07) is 10.1. The van der Waals surface area contributed by atoms with Crippen molar-refractivity contribution in [3.63, 3.8) is 0 Å². The number of benzene rings is 1. The van der Waals surface area contributed by atoms with Crippen LogP contribution in [-0.4, -0.2) is 44.7 Å². The van der Waals surface area contributed by atoms with Crippen molar-refractivity contribution in [2.45, 2.75) is 51.6 Å². The smallest absolute Gasteiger partial charge is 0.223 e. The van der Waals surface area contributed by atoms with Crippen LogP contribution >= 0.6 is 0 Å². The van der Waals surface area contributed by atoms with Crippen molar-refractivity contribution in [1.29, 1.82) is 0 Å². The van der Waals surface area contributed by atoms with Gasteiger partial charge >= 0.3 is 0 Å². The molecule has 1 aromatic heterocycles. The average molecular weight is 378 g/mol. The average Bonchev–Trinajstić information content (AvgIpc) is 3.22. The number of hydrogen-bond donors (Lipinski definition) is 0. The molecule has 0 bridgehead atoms. The van der Waals surface area contributed by atoms with Crippen LogP contribution in [0.2, 0.25) is 0 Å². The van der Waals surface area contributed by atoms with E-state index in [0.29, 0.717) is 19.5 Å². The highest BCUT2D eigenvalue weighted by Crippen LogP contribution is 2.31. The van der Waals surface area contributed by atoms with E-state index in [2.05, 4.69) is 17.1 Å². The van der Waals surface area contributed by atoms with Crippen LogP contribution in [0.1, 0.15) is 54.9 Å². The van der Waals surface area contributed by atoms with E-state index in [9.17, 15) is 9.59 Å². The third-order valence-corrected chi connectivity index (χ3v) is 5.74. The van der Waals surface area contributed by atoms with Crippen molar-refractivity contribution in [3.8, 4) is 0 Å². The van der Waals surface area contributed by atoms with E-state index in [1.54, 1.807) is 6.92 Å². The van der Waals surface area contributed by atoms with E-state index in [1.807, 2.05) is 34.2 Å². The number of hydrogen-bond acceptors (Lipinski definition) is 4. The predicted octanol–water partition coefficient (Wildman–Crippen LogP) is 2.68. The lowest BCUT2D eigenvalue weighted by atomic mass is 10.1. The number of rotatable bonds is 4. The Balaban J connectivity index is 1.45. The molecule has 0 saturated carbocycles. The number of fused-ring (bicyclic) bond motifs is 1. The first-order valence-electron chi connectivity index (χ1n) is 10.1. The van der Waals surface area contributed by atoms with Crippen LogP contribution in [0.3, 0.4) is 0 Å². The lowest BCUT2D eigenvalue weighted by Crippen LogP contribution is -2.36. The van der Waals surface area contributed by atoms with Crippen LogP contribution in [0.15, 0.2) is 36.5 Å². The molecule has 0 unspecified atom stereocenters. The maximum absolute atomic E-state index is 12.8. The zero-order valence-electron chi connectivity index (χ0n) is 16.3. The molecule has 0 radical (unpaired) electrons. The summed E-state index contributed by atoms with van der Waals surface area (Å²) in [6.45, 7) is 3.65. The molecule has 6 nitrogen and oxygen atoms in total. The van der Waals surface area contributed by atoms with E-state index in [-0.39, 0.29) is 17.9 Å². The molecule has 0 N–H and O–H groups in total. The van der Waals surface area contributed by atoms with Crippen molar-refractivity contribution in [2.24, 2.45) is 0 Å². The molecule has 1 atom stereocenters. The van der Waals surface area contributed by atoms with Gasteiger partial charge in [-0.3, -0.25) is 9.59 Å². The van der Waals surface area contributed by atoms with Gasteiger partial charge in [0.25, 0.3) is 0 Å². The SMILES string of the molecule is CC(=O)N1CCc2nc([C@H]3CCCN3C(=O)CCc3ccccc3)ncc2C1. The van der Waals surface area contributed by atoms with Gasteiger partial charge in [0.1, 0.15) is 0 Å². The molecule has 4 rings (SSSR count). The summed E-state index contributed by atoms with van der Waals surface area (Å²) in [5, 5.41) is 0. The molecule has 6 heteroatoms. The van der Waals surface area contributed by atoms with E-state index < -0.39 is 0 Å². The van der Waals surface area contributed by atoms with Crippen LogP contribution in [0.4, 0.5) is 0 Å². The highest BCUT2D eigenvalue weighted by atomic mass is 16.2. The molecule has 1 aromatic carbocycles. The zero-order chi connectivity index (χ0) is 19.5. The fourth-order valence-corrected chi connectivity index (χ4v) is 4.13. The molecular weight excluding hydrogens is 352 g/mol. The summed E-state index contributed by atoms with van der Waals surface area (Å²) in [7, 11) is 0. The van der Waals surface area contributed by atoms with Gasteiger partial charge in [0.05, 0.1) is 11.7 Å². The molecule has 1 fully saturated rings. The molecule has 146 valence electrons. The van der Waals surface area contributed by atoms with E-state index in [0.717, 1.165) is 49.3 Å². The molecule has 2 aliphatic heterocycles. The third-order valence-electron chi connectivity index (χ3n) is 5.74. The predicted molar refractivity (Wildman–Crippen MR) is 105 cm³/mol. The topological polar surface area (TPSA) is 66.4 Å². The maximum atomic E-state index is 12.8. The lowest BCUT2D eigenvalue weighted by molar-refractivity contribution is -0.132. The first-order chi connectivity index (χ1) is 13.6. The van der Waals surface area contributed by atoms with Crippen molar-refractivity contribution in [1.82, 2.24) is 19.8 Å². The lowest BCUT2D eigenvalue weighted by Gasteiger charge is -2.28. The zero-order valence-corrected chi connectivity index (χ0v) is 16.3. The quantitative estimate of drug-likeness (QED) is 0.820. The minimum Gasteiger partial charge on any atom is -0.338 e. The fourth-order valence-electron chi connectivity index (χ4n) is 4.13. The first-order valence-corrected chi connectivity index (χ1v) is 10.1. The van der Waals surface area contributed by atoms with Gasteiger partial charge in [-0.15, -0.1) is 0 Å². The number of likely N-dealkylation sites (tertiary alicyclic amines) is 1. The van der Waals surface area contributed by atoms with E-state index in [4.69, 9.17) is 4.98 Å². The molecule has 0 spiro atoms. The molecule has 1 saturated heterocycles. The minimum atomic E-state index is -0.0283. The van der Waals surface area contributed by atoms with Gasteiger partial charge < -0.3 is 9.80 Å². The molecular formula is C22H26N4O2. The second kappa shape index (κ2) is 8.09. The maximum Gasteiger partial charge on any atom is 0.223 e. The Morgan fingerprint density at radius 3 is 2.79 bits per heavy atom. The van der Waals surface area contributed by atoms with Crippen LogP contribution in [0.25, 0.3) is 0 Å². The number of amides is 2. The van der Waals surface area contributed by atoms with Gasteiger partial charge in [0.15, 0.2) is 5.82 Å². The van der Waals surface area contributed by atoms with Crippen molar-refractivity contribution < 1.29 is 9.59 Å². The number of carbonyl (C=O) groups excluding carboxylic acids is 2. The van der Waals surface area contributed by atoms with Crippen molar-refractivity contribution in [2.75, 3.05) is 13.1 Å². The Bertz CT molecular complexity index is 868. The molecule has 2 aromatic rings. The number of nitrogens with zero attached hydrogens (tertiary/aromatic N) is 4. The number of aromatic nitrogens is 2. The van der Waals surface area contributed by atoms with Crippen LogP contribution in [0, 0.1) is 0 Å². The Morgan fingerprint density at radius 1 is 1.18 bits per heavy atom. The summed E-state index contributed by atoms with van der Waals surface area (Å²) in [5.41, 5.74) is 3.22. The van der Waals surface area contributed by atoms with Gasteiger partial charge in [-0.1, -0.05) is 30.3 Å². The number of aryl methyl sites for hydroxylation is 1. The first kappa shape index (κ1) is 18.6. The van der Waals surface area contributed by atoms with Crippen molar-refractivity contribution >= 4 is 11.8 Å². The number of carbonyl (C=O) groups is 2. The molecule has 3 heterocycles. The standard InChI is InChI=1S/C22H26N4O2/c1-16(27)25-13-11-19-18(15-25)14-23-22(24-19)20-8-5-12-26(20)21(28)10-9-17-6-3-2-4-7-17/h2-4,6-7,14,20H,5,8-13,15H2,1H3/t20-/m1/s1.